The molecule has 3 fully saturated rings. The van der Waals surface area contributed by atoms with Gasteiger partial charge in [0.25, 0.3) is 0 Å². The molecule has 2 N–H and O–H groups in total. The molecule has 8 atom stereocenters. The number of fused-ring (bicyclic) bond motifs is 7. The third-order valence-electron chi connectivity index (χ3n) is 12.8. The normalized spacial score (nSPS) is 51.0. The third-order valence-corrected chi connectivity index (χ3v) is 12.8. The molecule has 5 rings (SSSR count). The van der Waals surface area contributed by atoms with Gasteiger partial charge in [0.15, 0.2) is 0 Å². The van der Waals surface area contributed by atoms with Crippen LogP contribution in [0.2, 0.25) is 0 Å². The van der Waals surface area contributed by atoms with Crippen LogP contribution in [-0.4, -0.2) is 22.3 Å². The van der Waals surface area contributed by atoms with E-state index in [2.05, 4.69) is 54.5 Å². The first-order chi connectivity index (χ1) is 15.3. The summed E-state index contributed by atoms with van der Waals surface area (Å²) in [5.41, 5.74) is 3.65. The van der Waals surface area contributed by atoms with Gasteiger partial charge in [0.1, 0.15) is 0 Å². The molecule has 0 aromatic carbocycles. The second-order valence-corrected chi connectivity index (χ2v) is 14.0. The van der Waals surface area contributed by atoms with E-state index in [9.17, 15) is 15.0 Å². The first-order valence-electron chi connectivity index (χ1n) is 13.6. The first kappa shape index (κ1) is 23.6. The molecule has 5 aliphatic carbocycles. The number of allylic oxidation sites excluding steroid dienone is 3. The molecular formula is C30H46O3. The largest absolute Gasteiger partial charge is 0.481 e. The lowest BCUT2D eigenvalue weighted by Gasteiger charge is -2.70. The Balaban J connectivity index is 1.65. The molecular weight excluding hydrogens is 408 g/mol. The van der Waals surface area contributed by atoms with Crippen LogP contribution in [-0.2, 0) is 4.79 Å². The van der Waals surface area contributed by atoms with E-state index in [0.717, 1.165) is 44.9 Å². The molecule has 0 heterocycles. The second kappa shape index (κ2) is 6.99. The van der Waals surface area contributed by atoms with E-state index in [1.165, 1.54) is 29.6 Å². The maximum absolute atomic E-state index is 12.8. The van der Waals surface area contributed by atoms with Gasteiger partial charge in [-0.25, -0.2) is 0 Å². The lowest BCUT2D eigenvalue weighted by molar-refractivity contribution is -0.197. The standard InChI is InChI=1S/C30H46O3/c1-18-10-15-30(25(32)33)17-16-28(6)20(24(30)19(18)2)8-9-22-27(5)13-12-23(31)26(3,4)21(27)11-14-29(22,28)7/h8,18,21-23,31H,9-17H2,1-7H3,(H,32,33)/t18-,21+,22-,23+,27+,28-,29-,30+/m1/s1. The third kappa shape index (κ3) is 2.69. The number of hydrogen-bond acceptors (Lipinski definition) is 2. The summed E-state index contributed by atoms with van der Waals surface area (Å²) in [6, 6.07) is 0. The predicted molar refractivity (Wildman–Crippen MR) is 133 cm³/mol. The van der Waals surface area contributed by atoms with Gasteiger partial charge in [-0.05, 0) is 115 Å². The van der Waals surface area contributed by atoms with Gasteiger partial charge in [0, 0.05) is 0 Å². The summed E-state index contributed by atoms with van der Waals surface area (Å²) in [4.78, 5) is 12.8. The van der Waals surface area contributed by atoms with E-state index in [4.69, 9.17) is 0 Å². The number of aliphatic hydroxyl groups excluding tert-OH is 1. The zero-order chi connectivity index (χ0) is 24.2. The van der Waals surface area contributed by atoms with E-state index in [-0.39, 0.29) is 27.8 Å². The Kier molecular flexibility index (Phi) is 5.01. The van der Waals surface area contributed by atoms with Crippen LogP contribution in [0.5, 0.6) is 0 Å². The highest BCUT2D eigenvalue weighted by atomic mass is 16.4. The maximum Gasteiger partial charge on any atom is 0.314 e. The number of hydrogen-bond donors (Lipinski definition) is 2. The fourth-order valence-electron chi connectivity index (χ4n) is 10.2. The zero-order valence-electron chi connectivity index (χ0n) is 22.1. The molecule has 3 heteroatoms. The number of carboxylic acids is 1. The van der Waals surface area contributed by atoms with E-state index in [1.807, 2.05) is 0 Å². The average Bonchev–Trinajstić information content (AvgIpc) is 2.74. The smallest absolute Gasteiger partial charge is 0.314 e. The predicted octanol–water partition coefficient (Wildman–Crippen LogP) is 7.15. The summed E-state index contributed by atoms with van der Waals surface area (Å²) in [7, 11) is 0. The van der Waals surface area contributed by atoms with Gasteiger partial charge in [-0.2, -0.15) is 0 Å². The van der Waals surface area contributed by atoms with Crippen LogP contribution in [0, 0.1) is 44.8 Å². The Labute approximate surface area is 201 Å². The molecule has 0 spiro atoms. The highest BCUT2D eigenvalue weighted by Gasteiger charge is 2.68. The molecule has 3 saturated carbocycles. The molecule has 0 saturated heterocycles. The molecule has 3 nitrogen and oxygen atoms in total. The first-order valence-corrected chi connectivity index (χ1v) is 13.6. The van der Waals surface area contributed by atoms with Gasteiger partial charge in [0.05, 0.1) is 11.5 Å². The molecule has 0 aromatic heterocycles. The Morgan fingerprint density at radius 2 is 1.64 bits per heavy atom. The quantitative estimate of drug-likeness (QED) is 0.442. The van der Waals surface area contributed by atoms with Gasteiger partial charge >= 0.3 is 5.97 Å². The molecule has 5 aliphatic rings. The molecule has 0 aromatic rings. The summed E-state index contributed by atoms with van der Waals surface area (Å²) >= 11 is 0. The summed E-state index contributed by atoms with van der Waals surface area (Å²) in [5.74, 6) is 0.999. The van der Waals surface area contributed by atoms with E-state index >= 15 is 0 Å². The number of aliphatic hydroxyl groups is 1. The van der Waals surface area contributed by atoms with Gasteiger partial charge in [-0.15, -0.1) is 0 Å². The Morgan fingerprint density at radius 1 is 0.939 bits per heavy atom. The van der Waals surface area contributed by atoms with Crippen LogP contribution in [0.3, 0.4) is 0 Å². The Hall–Kier alpha value is -1.09. The summed E-state index contributed by atoms with van der Waals surface area (Å²) in [5, 5.41) is 21.4. The van der Waals surface area contributed by atoms with Crippen molar-refractivity contribution in [3.8, 4) is 0 Å². The van der Waals surface area contributed by atoms with Crippen LogP contribution in [0.4, 0.5) is 0 Å². The Morgan fingerprint density at radius 3 is 2.30 bits per heavy atom. The molecule has 0 unspecified atom stereocenters. The van der Waals surface area contributed by atoms with E-state index in [0.29, 0.717) is 17.8 Å². The van der Waals surface area contributed by atoms with E-state index < -0.39 is 11.4 Å². The van der Waals surface area contributed by atoms with Crippen LogP contribution in [0.1, 0.15) is 106 Å². The van der Waals surface area contributed by atoms with Crippen molar-refractivity contribution in [3.63, 3.8) is 0 Å². The fraction of sp³-hybridized carbons (Fsp3) is 0.833. The maximum atomic E-state index is 12.8. The minimum atomic E-state index is -0.677. The van der Waals surface area contributed by atoms with Crippen molar-refractivity contribution in [1.82, 2.24) is 0 Å². The number of carboxylic acid groups (broad SMARTS) is 1. The van der Waals surface area contributed by atoms with E-state index in [1.54, 1.807) is 0 Å². The lowest BCUT2D eigenvalue weighted by atomic mass is 9.34. The summed E-state index contributed by atoms with van der Waals surface area (Å²) < 4.78 is 0. The Bertz CT molecular complexity index is 942. The van der Waals surface area contributed by atoms with Crippen molar-refractivity contribution in [2.45, 2.75) is 112 Å². The van der Waals surface area contributed by atoms with Crippen molar-refractivity contribution >= 4 is 5.97 Å². The van der Waals surface area contributed by atoms with Crippen LogP contribution in [0.25, 0.3) is 0 Å². The van der Waals surface area contributed by atoms with Gasteiger partial charge in [0.2, 0.25) is 0 Å². The van der Waals surface area contributed by atoms with Crippen LogP contribution >= 0.6 is 0 Å². The number of carbonyl (C=O) groups is 1. The monoisotopic (exact) mass is 454 g/mol. The molecule has 0 aliphatic heterocycles. The summed E-state index contributed by atoms with van der Waals surface area (Å²) in [6.45, 7) is 16.7. The summed E-state index contributed by atoms with van der Waals surface area (Å²) in [6.07, 6.45) is 11.3. The molecule has 184 valence electrons. The van der Waals surface area contributed by atoms with Crippen molar-refractivity contribution in [2.24, 2.45) is 44.8 Å². The number of aliphatic carboxylic acids is 1. The minimum absolute atomic E-state index is 0.0245. The molecule has 33 heavy (non-hydrogen) atoms. The zero-order valence-corrected chi connectivity index (χ0v) is 22.1. The topological polar surface area (TPSA) is 57.5 Å². The van der Waals surface area contributed by atoms with Crippen molar-refractivity contribution in [3.05, 3.63) is 22.8 Å². The number of rotatable bonds is 1. The molecule has 0 amide bonds. The van der Waals surface area contributed by atoms with Gasteiger partial charge in [-0.3, -0.25) is 4.79 Å². The van der Waals surface area contributed by atoms with Gasteiger partial charge < -0.3 is 10.2 Å². The average molecular weight is 455 g/mol. The lowest BCUT2D eigenvalue weighted by Crippen LogP contribution is -2.64. The highest BCUT2D eigenvalue weighted by molar-refractivity contribution is 5.82. The van der Waals surface area contributed by atoms with Crippen LogP contribution < -0.4 is 0 Å². The minimum Gasteiger partial charge on any atom is -0.481 e. The SMILES string of the molecule is CC1=C2C3=CC[C@@H]4[C@@]5(C)CC[C@H](O)C(C)(C)[C@@H]5CC[C@@]4(C)[C@]3(C)CC[C@@]2(C(=O)O)CC[C@H]1C. The van der Waals surface area contributed by atoms with Crippen molar-refractivity contribution in [2.75, 3.05) is 0 Å². The van der Waals surface area contributed by atoms with Crippen molar-refractivity contribution in [1.29, 1.82) is 0 Å². The molecule has 0 radical (unpaired) electrons. The fourth-order valence-corrected chi connectivity index (χ4v) is 10.2. The van der Waals surface area contributed by atoms with Crippen molar-refractivity contribution < 1.29 is 15.0 Å². The van der Waals surface area contributed by atoms with Gasteiger partial charge in [-0.1, -0.05) is 53.2 Å². The van der Waals surface area contributed by atoms with Crippen LogP contribution in [0.15, 0.2) is 22.8 Å². The second-order valence-electron chi connectivity index (χ2n) is 14.0. The highest BCUT2D eigenvalue weighted by Crippen LogP contribution is 2.75. The molecule has 0 bridgehead atoms.